The van der Waals surface area contributed by atoms with E-state index in [-0.39, 0.29) is 5.82 Å². The standard InChI is InChI=1S/C23H22FN5O/c1-17-16-21(8-11-23(17)28-26-19-4-2-18(24)3-5-19)27-25-20-6-9-22(10-7-20)29-12-14-30-15-13-29/h2-11,16H,12-15H2,1H3. The lowest BCUT2D eigenvalue weighted by molar-refractivity contribution is 0.122. The molecule has 0 aliphatic carbocycles. The third-order valence-corrected chi connectivity index (χ3v) is 4.79. The molecule has 0 atom stereocenters. The molecule has 0 radical (unpaired) electrons. The zero-order chi connectivity index (χ0) is 20.8. The Morgan fingerprint density at radius 1 is 0.733 bits per heavy atom. The molecule has 0 saturated carbocycles. The summed E-state index contributed by atoms with van der Waals surface area (Å²) in [6.45, 7) is 5.28. The highest BCUT2D eigenvalue weighted by atomic mass is 19.1. The molecule has 3 aromatic carbocycles. The zero-order valence-electron chi connectivity index (χ0n) is 16.7. The van der Waals surface area contributed by atoms with E-state index >= 15 is 0 Å². The van der Waals surface area contributed by atoms with Gasteiger partial charge < -0.3 is 9.64 Å². The van der Waals surface area contributed by atoms with Crippen LogP contribution in [0.2, 0.25) is 0 Å². The highest BCUT2D eigenvalue weighted by Gasteiger charge is 2.10. The molecule has 0 N–H and O–H groups in total. The normalized spacial score (nSPS) is 14.7. The van der Waals surface area contributed by atoms with Gasteiger partial charge in [0.2, 0.25) is 0 Å². The Hall–Kier alpha value is -3.45. The van der Waals surface area contributed by atoms with Gasteiger partial charge in [0.25, 0.3) is 0 Å². The molecule has 6 nitrogen and oxygen atoms in total. The van der Waals surface area contributed by atoms with E-state index in [2.05, 4.69) is 37.5 Å². The monoisotopic (exact) mass is 403 g/mol. The van der Waals surface area contributed by atoms with Crippen LogP contribution in [0.4, 0.5) is 32.8 Å². The first-order chi connectivity index (χ1) is 14.7. The summed E-state index contributed by atoms with van der Waals surface area (Å²) in [5, 5.41) is 17.0. The SMILES string of the molecule is Cc1cc(N=Nc2ccc(N3CCOCC3)cc2)ccc1N=Nc1ccc(F)cc1. The van der Waals surface area contributed by atoms with Gasteiger partial charge in [-0.3, -0.25) is 0 Å². The largest absolute Gasteiger partial charge is 0.378 e. The lowest BCUT2D eigenvalue weighted by atomic mass is 10.2. The number of aryl methyl sites for hydroxylation is 1. The predicted molar refractivity (Wildman–Crippen MR) is 115 cm³/mol. The molecule has 152 valence electrons. The van der Waals surface area contributed by atoms with Crippen LogP contribution < -0.4 is 4.90 Å². The fourth-order valence-corrected chi connectivity index (χ4v) is 3.10. The third-order valence-electron chi connectivity index (χ3n) is 4.79. The summed E-state index contributed by atoms with van der Waals surface area (Å²) in [5.41, 5.74) is 4.97. The van der Waals surface area contributed by atoms with Crippen LogP contribution in [0, 0.1) is 12.7 Å². The quantitative estimate of drug-likeness (QED) is 0.440. The minimum Gasteiger partial charge on any atom is -0.378 e. The maximum atomic E-state index is 13.0. The number of rotatable bonds is 5. The van der Waals surface area contributed by atoms with Crippen molar-refractivity contribution in [1.29, 1.82) is 0 Å². The molecule has 3 aromatic rings. The molecule has 7 heteroatoms. The summed E-state index contributed by atoms with van der Waals surface area (Å²) in [6, 6.07) is 19.5. The van der Waals surface area contributed by atoms with E-state index in [4.69, 9.17) is 4.74 Å². The van der Waals surface area contributed by atoms with Crippen LogP contribution in [0.5, 0.6) is 0 Å². The fourth-order valence-electron chi connectivity index (χ4n) is 3.10. The van der Waals surface area contributed by atoms with Gasteiger partial charge >= 0.3 is 0 Å². The summed E-state index contributed by atoms with van der Waals surface area (Å²) in [6.07, 6.45) is 0. The van der Waals surface area contributed by atoms with Crippen LogP contribution in [0.15, 0.2) is 87.2 Å². The second kappa shape index (κ2) is 9.37. The molecule has 1 fully saturated rings. The highest BCUT2D eigenvalue weighted by Crippen LogP contribution is 2.28. The van der Waals surface area contributed by atoms with Gasteiger partial charge in [0.05, 0.1) is 36.0 Å². The van der Waals surface area contributed by atoms with Gasteiger partial charge in [-0.25, -0.2) is 4.39 Å². The van der Waals surface area contributed by atoms with Crippen LogP contribution in [0.3, 0.4) is 0 Å². The number of ether oxygens (including phenoxy) is 1. The molecular formula is C23H22FN5O. The Bertz CT molecular complexity index is 1040. The third kappa shape index (κ3) is 5.12. The number of anilines is 1. The lowest BCUT2D eigenvalue weighted by Crippen LogP contribution is -2.36. The minimum absolute atomic E-state index is 0.296. The predicted octanol–water partition coefficient (Wildman–Crippen LogP) is 6.80. The summed E-state index contributed by atoms with van der Waals surface area (Å²) < 4.78 is 18.4. The average Bonchev–Trinajstić information content (AvgIpc) is 2.79. The number of hydrogen-bond acceptors (Lipinski definition) is 6. The van der Waals surface area contributed by atoms with E-state index in [1.54, 1.807) is 12.1 Å². The molecule has 30 heavy (non-hydrogen) atoms. The van der Waals surface area contributed by atoms with Gasteiger partial charge in [-0.1, -0.05) is 0 Å². The van der Waals surface area contributed by atoms with Crippen molar-refractivity contribution in [1.82, 2.24) is 0 Å². The topological polar surface area (TPSA) is 61.9 Å². The summed E-state index contributed by atoms with van der Waals surface area (Å²) in [4.78, 5) is 2.30. The number of hydrogen-bond donors (Lipinski definition) is 0. The van der Waals surface area contributed by atoms with Crippen molar-refractivity contribution < 1.29 is 9.13 Å². The van der Waals surface area contributed by atoms with Crippen LogP contribution in [0.1, 0.15) is 5.56 Å². The number of halogens is 1. The van der Waals surface area contributed by atoms with Crippen molar-refractivity contribution in [2.75, 3.05) is 31.2 Å². The Morgan fingerprint density at radius 3 is 1.97 bits per heavy atom. The Labute approximate surface area is 174 Å². The van der Waals surface area contributed by atoms with Crippen molar-refractivity contribution in [2.45, 2.75) is 6.92 Å². The van der Waals surface area contributed by atoms with Crippen molar-refractivity contribution in [3.8, 4) is 0 Å². The second-order valence-corrected chi connectivity index (χ2v) is 6.96. The van der Waals surface area contributed by atoms with Gasteiger partial charge in [0, 0.05) is 18.8 Å². The van der Waals surface area contributed by atoms with Crippen molar-refractivity contribution in [3.05, 3.63) is 78.1 Å². The first kappa shape index (κ1) is 19.8. The van der Waals surface area contributed by atoms with Crippen LogP contribution >= 0.6 is 0 Å². The van der Waals surface area contributed by atoms with Crippen LogP contribution in [-0.2, 0) is 4.74 Å². The Kier molecular flexibility index (Phi) is 6.20. The van der Waals surface area contributed by atoms with Crippen molar-refractivity contribution in [3.63, 3.8) is 0 Å². The zero-order valence-corrected chi connectivity index (χ0v) is 16.7. The van der Waals surface area contributed by atoms with E-state index < -0.39 is 0 Å². The van der Waals surface area contributed by atoms with E-state index in [0.29, 0.717) is 5.69 Å². The van der Waals surface area contributed by atoms with E-state index in [0.717, 1.165) is 48.9 Å². The van der Waals surface area contributed by atoms with Gasteiger partial charge in [-0.15, -0.1) is 0 Å². The van der Waals surface area contributed by atoms with E-state index in [1.807, 2.05) is 37.3 Å². The van der Waals surface area contributed by atoms with E-state index in [1.165, 1.54) is 17.8 Å². The van der Waals surface area contributed by atoms with E-state index in [9.17, 15) is 4.39 Å². The lowest BCUT2D eigenvalue weighted by Gasteiger charge is -2.28. The minimum atomic E-state index is -0.296. The molecule has 0 amide bonds. The molecule has 0 spiro atoms. The number of azo groups is 2. The first-order valence-electron chi connectivity index (χ1n) is 9.80. The highest BCUT2D eigenvalue weighted by molar-refractivity contribution is 5.55. The summed E-state index contributed by atoms with van der Waals surface area (Å²) in [7, 11) is 0. The maximum absolute atomic E-state index is 13.0. The molecule has 1 aliphatic rings. The number of nitrogens with zero attached hydrogens (tertiary/aromatic N) is 5. The van der Waals surface area contributed by atoms with Crippen LogP contribution in [0.25, 0.3) is 0 Å². The molecule has 1 heterocycles. The molecule has 1 aliphatic heterocycles. The number of benzene rings is 3. The second-order valence-electron chi connectivity index (χ2n) is 6.96. The van der Waals surface area contributed by atoms with Crippen molar-refractivity contribution >= 4 is 28.4 Å². The smallest absolute Gasteiger partial charge is 0.123 e. The van der Waals surface area contributed by atoms with Gasteiger partial charge in [0.1, 0.15) is 5.82 Å². The van der Waals surface area contributed by atoms with Crippen LogP contribution in [-0.4, -0.2) is 26.3 Å². The fraction of sp³-hybridized carbons (Fsp3) is 0.217. The van der Waals surface area contributed by atoms with Gasteiger partial charge in [0.15, 0.2) is 0 Å². The summed E-state index contributed by atoms with van der Waals surface area (Å²) in [5.74, 6) is -0.296. The Morgan fingerprint density at radius 2 is 1.30 bits per heavy atom. The molecule has 4 rings (SSSR count). The van der Waals surface area contributed by atoms with Crippen molar-refractivity contribution in [2.24, 2.45) is 20.5 Å². The molecule has 0 unspecified atom stereocenters. The molecule has 1 saturated heterocycles. The molecule has 0 aromatic heterocycles. The summed E-state index contributed by atoms with van der Waals surface area (Å²) >= 11 is 0. The van der Waals surface area contributed by atoms with Gasteiger partial charge in [-0.05, 0) is 79.2 Å². The maximum Gasteiger partial charge on any atom is 0.123 e. The number of morpholine rings is 1. The first-order valence-corrected chi connectivity index (χ1v) is 9.80. The molecular weight excluding hydrogens is 381 g/mol. The average molecular weight is 403 g/mol. The molecule has 0 bridgehead atoms. The Balaban J connectivity index is 1.41. The van der Waals surface area contributed by atoms with Gasteiger partial charge in [-0.2, -0.15) is 20.5 Å².